The van der Waals surface area contributed by atoms with Gasteiger partial charge in [-0.25, -0.2) is 13.4 Å². The molecule has 0 unspecified atom stereocenters. The second-order valence-electron chi connectivity index (χ2n) is 8.21. The molecule has 0 saturated carbocycles. The number of carbonyl (C=O) groups is 1. The van der Waals surface area contributed by atoms with Gasteiger partial charge in [0.25, 0.3) is 5.91 Å². The Kier molecular flexibility index (Phi) is 5.90. The van der Waals surface area contributed by atoms with E-state index in [0.29, 0.717) is 30.9 Å². The van der Waals surface area contributed by atoms with Gasteiger partial charge in [-0.05, 0) is 44.0 Å². The predicted molar refractivity (Wildman–Crippen MR) is 120 cm³/mol. The molecular weight excluding hydrogens is 416 g/mol. The van der Waals surface area contributed by atoms with E-state index in [-0.39, 0.29) is 18.3 Å². The van der Waals surface area contributed by atoms with Crippen LogP contribution < -0.4 is 9.21 Å². The van der Waals surface area contributed by atoms with Crippen molar-refractivity contribution in [3.8, 4) is 0 Å². The lowest BCUT2D eigenvalue weighted by Crippen LogP contribution is -2.49. The number of aliphatic hydroxyl groups is 1. The van der Waals surface area contributed by atoms with Gasteiger partial charge in [0, 0.05) is 31.9 Å². The van der Waals surface area contributed by atoms with E-state index in [2.05, 4.69) is 41.9 Å². The van der Waals surface area contributed by atoms with Crippen LogP contribution in [-0.2, 0) is 10.0 Å². The van der Waals surface area contributed by atoms with Crippen LogP contribution in [0.2, 0.25) is 0 Å². The SMILES string of the molecule is Cc1ccc(N2CCN(C(=O)c3ccc(N4[C@H](CO)CCS4(=O)=O)cn3)CC2)c(C)c1. The number of sulfonamides is 1. The maximum absolute atomic E-state index is 12.9. The van der Waals surface area contributed by atoms with Gasteiger partial charge >= 0.3 is 0 Å². The van der Waals surface area contributed by atoms with E-state index >= 15 is 0 Å². The first kappa shape index (κ1) is 21.6. The van der Waals surface area contributed by atoms with E-state index in [9.17, 15) is 18.3 Å². The number of benzene rings is 1. The number of pyridine rings is 1. The number of rotatable bonds is 4. The van der Waals surface area contributed by atoms with Gasteiger partial charge in [0.05, 0.1) is 30.3 Å². The van der Waals surface area contributed by atoms with Crippen molar-refractivity contribution in [2.75, 3.05) is 47.7 Å². The number of amides is 1. The smallest absolute Gasteiger partial charge is 0.272 e. The molecule has 3 heterocycles. The molecule has 2 saturated heterocycles. The van der Waals surface area contributed by atoms with Crippen LogP contribution in [0.15, 0.2) is 36.5 Å². The number of aromatic nitrogens is 1. The van der Waals surface area contributed by atoms with Crippen molar-refractivity contribution in [3.05, 3.63) is 53.3 Å². The van der Waals surface area contributed by atoms with Gasteiger partial charge in [0.1, 0.15) is 5.69 Å². The Hall–Kier alpha value is -2.65. The second kappa shape index (κ2) is 8.47. The first-order valence-corrected chi connectivity index (χ1v) is 12.1. The molecule has 2 aliphatic rings. The van der Waals surface area contributed by atoms with Gasteiger partial charge in [-0.1, -0.05) is 17.7 Å². The van der Waals surface area contributed by atoms with E-state index in [1.807, 2.05) is 0 Å². The molecule has 1 aromatic carbocycles. The van der Waals surface area contributed by atoms with Gasteiger partial charge < -0.3 is 14.9 Å². The standard InChI is InChI=1S/C22H28N4O4S/c1-16-3-6-21(17(2)13-16)24-8-10-25(11-9-24)22(28)20-5-4-18(14-23-20)26-19(15-27)7-12-31(26,29)30/h3-6,13-14,19,27H,7-12,15H2,1-2H3/t19-/m0/s1. The molecule has 1 amide bonds. The Morgan fingerprint density at radius 1 is 1.13 bits per heavy atom. The van der Waals surface area contributed by atoms with Crippen molar-refractivity contribution in [1.29, 1.82) is 0 Å². The molecule has 1 atom stereocenters. The summed E-state index contributed by atoms with van der Waals surface area (Å²) >= 11 is 0. The lowest BCUT2D eigenvalue weighted by atomic mass is 10.1. The third-order valence-corrected chi connectivity index (χ3v) is 7.89. The van der Waals surface area contributed by atoms with Crippen LogP contribution in [-0.4, -0.2) is 73.9 Å². The summed E-state index contributed by atoms with van der Waals surface area (Å²) in [7, 11) is -3.46. The van der Waals surface area contributed by atoms with E-state index in [4.69, 9.17) is 0 Å². The molecule has 2 fully saturated rings. The second-order valence-corrected chi connectivity index (χ2v) is 10.2. The third kappa shape index (κ3) is 4.24. The van der Waals surface area contributed by atoms with Crippen molar-refractivity contribution in [2.45, 2.75) is 26.3 Å². The lowest BCUT2D eigenvalue weighted by molar-refractivity contribution is 0.0741. The molecule has 0 bridgehead atoms. The minimum Gasteiger partial charge on any atom is -0.394 e. The zero-order valence-electron chi connectivity index (χ0n) is 17.9. The van der Waals surface area contributed by atoms with Gasteiger partial charge in [-0.3, -0.25) is 9.10 Å². The summed E-state index contributed by atoms with van der Waals surface area (Å²) in [5, 5.41) is 9.49. The Bertz CT molecular complexity index is 1060. The number of aliphatic hydroxyl groups excluding tert-OH is 1. The molecule has 2 aromatic rings. The molecule has 0 radical (unpaired) electrons. The number of hydrogen-bond acceptors (Lipinski definition) is 6. The van der Waals surface area contributed by atoms with Gasteiger partial charge in [0.2, 0.25) is 10.0 Å². The molecule has 31 heavy (non-hydrogen) atoms. The molecule has 1 N–H and O–H groups in total. The van der Waals surface area contributed by atoms with Crippen LogP contribution in [0, 0.1) is 13.8 Å². The molecule has 2 aliphatic heterocycles. The van der Waals surface area contributed by atoms with E-state index < -0.39 is 16.1 Å². The van der Waals surface area contributed by atoms with E-state index in [1.165, 1.54) is 27.3 Å². The number of nitrogens with zero attached hydrogens (tertiary/aromatic N) is 4. The van der Waals surface area contributed by atoms with Crippen LogP contribution in [0.25, 0.3) is 0 Å². The van der Waals surface area contributed by atoms with Crippen molar-refractivity contribution in [2.24, 2.45) is 0 Å². The summed E-state index contributed by atoms with van der Waals surface area (Å²) in [6.45, 7) is 6.63. The zero-order chi connectivity index (χ0) is 22.2. The quantitative estimate of drug-likeness (QED) is 0.769. The highest BCUT2D eigenvalue weighted by Crippen LogP contribution is 2.28. The summed E-state index contributed by atoms with van der Waals surface area (Å²) in [4.78, 5) is 21.2. The van der Waals surface area contributed by atoms with Crippen LogP contribution in [0.5, 0.6) is 0 Å². The summed E-state index contributed by atoms with van der Waals surface area (Å²) < 4.78 is 25.8. The molecule has 8 nitrogen and oxygen atoms in total. The zero-order valence-corrected chi connectivity index (χ0v) is 18.7. The van der Waals surface area contributed by atoms with Gasteiger partial charge in [-0.2, -0.15) is 0 Å². The van der Waals surface area contributed by atoms with Gasteiger partial charge in [0.15, 0.2) is 0 Å². The highest BCUT2D eigenvalue weighted by atomic mass is 32.2. The predicted octanol–water partition coefficient (Wildman–Crippen LogP) is 1.56. The number of anilines is 2. The fraction of sp³-hybridized carbons (Fsp3) is 0.455. The van der Waals surface area contributed by atoms with Crippen LogP contribution in [0.4, 0.5) is 11.4 Å². The molecule has 0 spiro atoms. The van der Waals surface area contributed by atoms with Crippen LogP contribution in [0.3, 0.4) is 0 Å². The summed E-state index contributed by atoms with van der Waals surface area (Å²) in [5.74, 6) is -0.154. The first-order valence-electron chi connectivity index (χ1n) is 10.5. The molecule has 166 valence electrons. The monoisotopic (exact) mass is 444 g/mol. The number of aryl methyl sites for hydroxylation is 2. The van der Waals surface area contributed by atoms with Crippen LogP contribution >= 0.6 is 0 Å². The summed E-state index contributed by atoms with van der Waals surface area (Å²) in [6, 6.07) is 9.09. The highest BCUT2D eigenvalue weighted by molar-refractivity contribution is 7.93. The summed E-state index contributed by atoms with van der Waals surface area (Å²) in [6.07, 6.45) is 1.79. The minimum absolute atomic E-state index is 0.00361. The maximum atomic E-state index is 12.9. The number of piperazine rings is 1. The lowest BCUT2D eigenvalue weighted by Gasteiger charge is -2.36. The summed E-state index contributed by atoms with van der Waals surface area (Å²) in [5.41, 5.74) is 4.34. The van der Waals surface area contributed by atoms with Crippen molar-refractivity contribution >= 4 is 27.3 Å². The first-order chi connectivity index (χ1) is 14.8. The van der Waals surface area contributed by atoms with Crippen LogP contribution in [0.1, 0.15) is 28.0 Å². The van der Waals surface area contributed by atoms with E-state index in [1.54, 1.807) is 17.0 Å². The highest BCUT2D eigenvalue weighted by Gasteiger charge is 2.37. The topological polar surface area (TPSA) is 94.0 Å². The van der Waals surface area contributed by atoms with Crippen molar-refractivity contribution in [3.63, 3.8) is 0 Å². The Balaban J connectivity index is 1.42. The Labute approximate surface area is 183 Å². The number of hydrogen-bond donors (Lipinski definition) is 1. The Morgan fingerprint density at radius 2 is 1.87 bits per heavy atom. The molecule has 1 aromatic heterocycles. The Morgan fingerprint density at radius 3 is 2.48 bits per heavy atom. The average molecular weight is 445 g/mol. The van der Waals surface area contributed by atoms with Crippen molar-refractivity contribution in [1.82, 2.24) is 9.88 Å². The van der Waals surface area contributed by atoms with Crippen molar-refractivity contribution < 1.29 is 18.3 Å². The van der Waals surface area contributed by atoms with Gasteiger partial charge in [-0.15, -0.1) is 0 Å². The number of carbonyl (C=O) groups excluding carboxylic acids is 1. The molecule has 9 heteroatoms. The fourth-order valence-electron chi connectivity index (χ4n) is 4.38. The third-order valence-electron chi connectivity index (χ3n) is 6.03. The minimum atomic E-state index is -3.46. The fourth-order valence-corrected chi connectivity index (χ4v) is 6.20. The average Bonchev–Trinajstić information content (AvgIpc) is 3.08. The molecular formula is C22H28N4O4S. The normalized spacial score (nSPS) is 20.9. The molecule has 0 aliphatic carbocycles. The maximum Gasteiger partial charge on any atom is 0.272 e. The van der Waals surface area contributed by atoms with E-state index in [0.717, 1.165) is 13.1 Å². The largest absolute Gasteiger partial charge is 0.394 e. The molecule has 4 rings (SSSR count).